The van der Waals surface area contributed by atoms with Crippen LogP contribution in [0.4, 0.5) is 0 Å². The van der Waals surface area contributed by atoms with E-state index in [1.807, 2.05) is 6.07 Å². The van der Waals surface area contributed by atoms with E-state index in [-0.39, 0.29) is 16.7 Å². The minimum atomic E-state index is -0.638. The Morgan fingerprint density at radius 3 is 2.64 bits per heavy atom. The molecule has 70 valence electrons. The van der Waals surface area contributed by atoms with Crippen molar-refractivity contribution in [2.24, 2.45) is 0 Å². The predicted octanol–water partition coefficient (Wildman–Crippen LogP) is 2.06. The summed E-state index contributed by atoms with van der Waals surface area (Å²) in [4.78, 5) is 21.4. The van der Waals surface area contributed by atoms with E-state index < -0.39 is 5.24 Å². The normalized spacial score (nSPS) is 9.21. The molecular weight excluding hydrogens is 202 g/mol. The molecule has 0 bridgehead atoms. The quantitative estimate of drug-likeness (QED) is 0.551. The molecule has 0 radical (unpaired) electrons. The summed E-state index contributed by atoms with van der Waals surface area (Å²) in [5.41, 5.74) is 1.27. The van der Waals surface area contributed by atoms with Gasteiger partial charge in [-0.05, 0) is 36.2 Å². The molecule has 0 aliphatic carbocycles. The van der Waals surface area contributed by atoms with Crippen LogP contribution in [0.3, 0.4) is 0 Å². The van der Waals surface area contributed by atoms with Crippen LogP contribution in [0, 0.1) is 18.3 Å². The molecular formula is C10H6ClNO2. The molecule has 3 nitrogen and oxygen atoms in total. The molecule has 0 N–H and O–H groups in total. The number of rotatable bonds is 2. The minimum absolute atomic E-state index is 0.191. The van der Waals surface area contributed by atoms with E-state index in [1.54, 1.807) is 6.92 Å². The third-order valence-electron chi connectivity index (χ3n) is 1.83. The molecule has 0 aromatic heterocycles. The first-order valence-corrected chi connectivity index (χ1v) is 4.17. The fourth-order valence-corrected chi connectivity index (χ4v) is 1.28. The van der Waals surface area contributed by atoms with E-state index in [0.29, 0.717) is 11.8 Å². The predicted molar refractivity (Wildman–Crippen MR) is 51.5 cm³/mol. The van der Waals surface area contributed by atoms with Gasteiger partial charge in [0, 0.05) is 11.1 Å². The molecule has 4 heteroatoms. The lowest BCUT2D eigenvalue weighted by Gasteiger charge is -2.02. The first kappa shape index (κ1) is 10.4. The second-order valence-electron chi connectivity index (χ2n) is 2.76. The van der Waals surface area contributed by atoms with Gasteiger partial charge in [-0.1, -0.05) is 0 Å². The number of halogens is 1. The van der Waals surface area contributed by atoms with Crippen molar-refractivity contribution < 1.29 is 9.59 Å². The molecule has 0 heterocycles. The van der Waals surface area contributed by atoms with Crippen molar-refractivity contribution in [3.8, 4) is 6.07 Å². The highest BCUT2D eigenvalue weighted by Crippen LogP contribution is 2.16. The van der Waals surface area contributed by atoms with Gasteiger partial charge in [-0.15, -0.1) is 0 Å². The van der Waals surface area contributed by atoms with Crippen LogP contribution in [-0.2, 0) is 0 Å². The summed E-state index contributed by atoms with van der Waals surface area (Å²) in [5, 5.41) is 8.09. The van der Waals surface area contributed by atoms with Crippen LogP contribution in [0.5, 0.6) is 0 Å². The zero-order valence-corrected chi connectivity index (χ0v) is 8.13. The number of carbonyl (C=O) groups excluding carboxylic acids is 2. The van der Waals surface area contributed by atoms with E-state index in [4.69, 9.17) is 16.9 Å². The van der Waals surface area contributed by atoms with Crippen LogP contribution in [0.2, 0.25) is 0 Å². The van der Waals surface area contributed by atoms with E-state index in [0.717, 1.165) is 0 Å². The van der Waals surface area contributed by atoms with Gasteiger partial charge in [0.05, 0.1) is 5.56 Å². The highest BCUT2D eigenvalue weighted by atomic mass is 35.5. The summed E-state index contributed by atoms with van der Waals surface area (Å²) >= 11 is 5.26. The largest absolute Gasteiger partial charge is 0.298 e. The summed E-state index contributed by atoms with van der Waals surface area (Å²) in [5.74, 6) is 0. The second kappa shape index (κ2) is 4.03. The van der Waals surface area contributed by atoms with Gasteiger partial charge in [0.1, 0.15) is 6.07 Å². The van der Waals surface area contributed by atoms with E-state index in [1.165, 1.54) is 12.1 Å². The first-order chi connectivity index (χ1) is 6.60. The van der Waals surface area contributed by atoms with Gasteiger partial charge >= 0.3 is 0 Å². The number of benzene rings is 1. The number of aryl methyl sites for hydroxylation is 1. The molecule has 0 fully saturated rings. The number of nitriles is 1. The number of hydrogen-bond acceptors (Lipinski definition) is 3. The molecule has 0 saturated heterocycles. The van der Waals surface area contributed by atoms with E-state index in [9.17, 15) is 9.59 Å². The zero-order valence-electron chi connectivity index (χ0n) is 7.37. The highest BCUT2D eigenvalue weighted by molar-refractivity contribution is 6.67. The summed E-state index contributed by atoms with van der Waals surface area (Å²) in [6.07, 6.45) is 0.537. The summed E-state index contributed by atoms with van der Waals surface area (Å²) < 4.78 is 0. The molecule has 0 aliphatic rings. The van der Waals surface area contributed by atoms with Gasteiger partial charge < -0.3 is 0 Å². The van der Waals surface area contributed by atoms with Gasteiger partial charge in [0.15, 0.2) is 6.29 Å². The van der Waals surface area contributed by atoms with Crippen molar-refractivity contribution in [1.29, 1.82) is 5.26 Å². The standard InChI is InChI=1S/C10H6ClNO2/c1-6-2-7(10(11)14)3-8(5-13)9(6)4-12/h2-3,5H,1H3. The number of hydrogen-bond donors (Lipinski definition) is 0. The molecule has 0 amide bonds. The van der Waals surface area contributed by atoms with Crippen molar-refractivity contribution in [3.63, 3.8) is 0 Å². The van der Waals surface area contributed by atoms with Gasteiger partial charge in [0.25, 0.3) is 5.24 Å². The van der Waals surface area contributed by atoms with Crippen molar-refractivity contribution >= 4 is 23.1 Å². The van der Waals surface area contributed by atoms with Crippen molar-refractivity contribution in [3.05, 3.63) is 34.4 Å². The van der Waals surface area contributed by atoms with E-state index in [2.05, 4.69) is 0 Å². The molecule has 0 aliphatic heterocycles. The van der Waals surface area contributed by atoms with Gasteiger partial charge in [-0.3, -0.25) is 9.59 Å². The summed E-state index contributed by atoms with van der Waals surface area (Å²) in [6, 6.07) is 4.70. The average molecular weight is 208 g/mol. The monoisotopic (exact) mass is 207 g/mol. The lowest BCUT2D eigenvalue weighted by Crippen LogP contribution is -1.97. The number of carbonyl (C=O) groups is 2. The maximum atomic E-state index is 10.8. The summed E-state index contributed by atoms with van der Waals surface area (Å²) in [6.45, 7) is 1.65. The van der Waals surface area contributed by atoms with Crippen LogP contribution in [0.15, 0.2) is 12.1 Å². The SMILES string of the molecule is Cc1cc(C(=O)Cl)cc(C=O)c1C#N. The average Bonchev–Trinajstić information content (AvgIpc) is 2.16. The fourth-order valence-electron chi connectivity index (χ4n) is 1.17. The molecule has 0 atom stereocenters. The molecule has 1 aromatic carbocycles. The van der Waals surface area contributed by atoms with Crippen LogP contribution in [0.1, 0.15) is 31.8 Å². The van der Waals surface area contributed by atoms with E-state index >= 15 is 0 Å². The van der Waals surface area contributed by atoms with Crippen LogP contribution >= 0.6 is 11.6 Å². The molecule has 0 unspecified atom stereocenters. The van der Waals surface area contributed by atoms with Crippen molar-refractivity contribution in [1.82, 2.24) is 0 Å². The molecule has 0 spiro atoms. The maximum absolute atomic E-state index is 10.8. The number of aldehydes is 1. The minimum Gasteiger partial charge on any atom is -0.298 e. The van der Waals surface area contributed by atoms with Crippen molar-refractivity contribution in [2.45, 2.75) is 6.92 Å². The van der Waals surface area contributed by atoms with Gasteiger partial charge in [-0.25, -0.2) is 0 Å². The zero-order chi connectivity index (χ0) is 10.7. The smallest absolute Gasteiger partial charge is 0.252 e. The Hall–Kier alpha value is -1.66. The first-order valence-electron chi connectivity index (χ1n) is 3.80. The summed E-state index contributed by atoms with van der Waals surface area (Å²) in [7, 11) is 0. The Morgan fingerprint density at radius 1 is 1.57 bits per heavy atom. The van der Waals surface area contributed by atoms with Crippen LogP contribution in [-0.4, -0.2) is 11.5 Å². The molecule has 0 saturated carbocycles. The van der Waals surface area contributed by atoms with Crippen LogP contribution < -0.4 is 0 Å². The van der Waals surface area contributed by atoms with Gasteiger partial charge in [-0.2, -0.15) is 5.26 Å². The Morgan fingerprint density at radius 2 is 2.21 bits per heavy atom. The lowest BCUT2D eigenvalue weighted by atomic mass is 10.0. The molecule has 1 rings (SSSR count). The second-order valence-corrected chi connectivity index (χ2v) is 3.10. The number of nitrogens with zero attached hydrogens (tertiary/aromatic N) is 1. The Balaban J connectivity index is 3.48. The molecule has 14 heavy (non-hydrogen) atoms. The highest BCUT2D eigenvalue weighted by Gasteiger charge is 2.10. The van der Waals surface area contributed by atoms with Crippen molar-refractivity contribution in [2.75, 3.05) is 0 Å². The third kappa shape index (κ3) is 1.81. The Labute approximate surface area is 85.9 Å². The van der Waals surface area contributed by atoms with Gasteiger partial charge in [0.2, 0.25) is 0 Å². The third-order valence-corrected chi connectivity index (χ3v) is 2.05. The fraction of sp³-hybridized carbons (Fsp3) is 0.100. The maximum Gasteiger partial charge on any atom is 0.252 e. The molecule has 1 aromatic rings. The lowest BCUT2D eigenvalue weighted by molar-refractivity contribution is 0.108. The topological polar surface area (TPSA) is 57.9 Å². The Bertz CT molecular complexity index is 446. The Kier molecular flexibility index (Phi) is 3.00. The van der Waals surface area contributed by atoms with Crippen LogP contribution in [0.25, 0.3) is 0 Å².